The molecule has 2 aromatic carbocycles. The molecule has 0 bridgehead atoms. The van der Waals surface area contributed by atoms with E-state index in [0.29, 0.717) is 23.3 Å². The van der Waals surface area contributed by atoms with Gasteiger partial charge in [0.05, 0.1) is 0 Å². The van der Waals surface area contributed by atoms with Crippen LogP contribution in [0.2, 0.25) is 0 Å². The molecule has 2 aromatic rings. The van der Waals surface area contributed by atoms with Gasteiger partial charge in [0, 0.05) is 16.8 Å². The maximum absolute atomic E-state index is 12.0. The highest BCUT2D eigenvalue weighted by Crippen LogP contribution is 2.29. The van der Waals surface area contributed by atoms with Gasteiger partial charge in [0.2, 0.25) is 0 Å². The summed E-state index contributed by atoms with van der Waals surface area (Å²) in [6, 6.07) is 12.1. The van der Waals surface area contributed by atoms with E-state index in [-0.39, 0.29) is 5.91 Å². The molecule has 0 unspecified atom stereocenters. The summed E-state index contributed by atoms with van der Waals surface area (Å²) in [5.41, 5.74) is 3.66. The Morgan fingerprint density at radius 1 is 1.05 bits per heavy atom. The molecule has 1 amide bonds. The average molecular weight is 299 g/mol. The highest BCUT2D eigenvalue weighted by atomic mass is 19.3. The number of rotatable bonds is 3. The molecule has 1 N–H and O–H groups in total. The van der Waals surface area contributed by atoms with Crippen LogP contribution in [0.1, 0.15) is 15.9 Å². The van der Waals surface area contributed by atoms with E-state index in [9.17, 15) is 13.6 Å². The van der Waals surface area contributed by atoms with E-state index in [4.69, 9.17) is 4.74 Å². The lowest BCUT2D eigenvalue weighted by Crippen LogP contribution is -2.11. The number of carbonyl (C=O) groups is 1. The molecule has 0 aromatic heterocycles. The molecule has 0 radical (unpaired) electrons. The average Bonchev–Trinajstić information content (AvgIpc) is 2.80. The van der Waals surface area contributed by atoms with Gasteiger partial charge in [0.25, 0.3) is 5.91 Å². The van der Waals surface area contributed by atoms with Crippen LogP contribution in [0, 0.1) is 0 Å². The zero-order valence-corrected chi connectivity index (χ0v) is 11.4. The fraction of sp³-hybridized carbons (Fsp3) is 0. The summed E-state index contributed by atoms with van der Waals surface area (Å²) >= 11 is 0. The Labute approximate surface area is 125 Å². The van der Waals surface area contributed by atoms with Gasteiger partial charge >= 0.3 is 6.08 Å². The van der Waals surface area contributed by atoms with Crippen LogP contribution < -0.4 is 10.1 Å². The maximum atomic E-state index is 12.0. The minimum absolute atomic E-state index is 0.176. The second-order valence-electron chi connectivity index (χ2n) is 4.74. The second-order valence-corrected chi connectivity index (χ2v) is 4.74. The maximum Gasteiger partial charge on any atom is 0.305 e. The van der Waals surface area contributed by atoms with Crippen LogP contribution in [0.3, 0.4) is 0 Å². The molecule has 0 aliphatic carbocycles. The Balaban J connectivity index is 1.89. The SMILES string of the molecule is C=C1NC(=O)c2cc(-c3ccc(OC=C(F)F)cc3)ccc21. The Morgan fingerprint density at radius 2 is 1.73 bits per heavy atom. The first kappa shape index (κ1) is 14.0. The van der Waals surface area contributed by atoms with Gasteiger partial charge in [-0.1, -0.05) is 30.8 Å². The topological polar surface area (TPSA) is 38.3 Å². The van der Waals surface area contributed by atoms with E-state index in [2.05, 4.69) is 11.9 Å². The monoisotopic (exact) mass is 299 g/mol. The number of hydrogen-bond acceptors (Lipinski definition) is 2. The Morgan fingerprint density at radius 3 is 2.41 bits per heavy atom. The lowest BCUT2D eigenvalue weighted by molar-refractivity contribution is 0.0981. The number of benzene rings is 2. The summed E-state index contributed by atoms with van der Waals surface area (Å²) in [5, 5.41) is 2.67. The van der Waals surface area contributed by atoms with Crippen molar-refractivity contribution in [1.82, 2.24) is 5.32 Å². The van der Waals surface area contributed by atoms with Crippen molar-refractivity contribution in [3.05, 3.63) is 72.5 Å². The highest BCUT2D eigenvalue weighted by Gasteiger charge is 2.22. The van der Waals surface area contributed by atoms with Gasteiger partial charge in [-0.3, -0.25) is 4.79 Å². The van der Waals surface area contributed by atoms with E-state index < -0.39 is 6.08 Å². The smallest absolute Gasteiger partial charge is 0.305 e. The number of carbonyl (C=O) groups excluding carboxylic acids is 1. The van der Waals surface area contributed by atoms with Crippen LogP contribution in [-0.2, 0) is 0 Å². The molecule has 0 atom stereocenters. The zero-order chi connectivity index (χ0) is 15.7. The first-order chi connectivity index (χ1) is 10.5. The molecule has 0 saturated heterocycles. The van der Waals surface area contributed by atoms with Crippen molar-refractivity contribution < 1.29 is 18.3 Å². The molecule has 0 fully saturated rings. The normalized spacial score (nSPS) is 12.6. The van der Waals surface area contributed by atoms with Crippen molar-refractivity contribution in [1.29, 1.82) is 0 Å². The quantitative estimate of drug-likeness (QED) is 0.863. The molecule has 110 valence electrons. The predicted octanol–water partition coefficient (Wildman–Crippen LogP) is 4.18. The first-order valence-corrected chi connectivity index (χ1v) is 6.47. The molecular formula is C17H11F2NO2. The van der Waals surface area contributed by atoms with Crippen molar-refractivity contribution in [2.45, 2.75) is 0 Å². The van der Waals surface area contributed by atoms with E-state index in [0.717, 1.165) is 16.7 Å². The summed E-state index contributed by atoms with van der Waals surface area (Å²) in [6.45, 7) is 3.78. The Hall–Kier alpha value is -2.95. The largest absolute Gasteiger partial charge is 0.459 e. The van der Waals surface area contributed by atoms with Gasteiger partial charge in [-0.2, -0.15) is 8.78 Å². The number of ether oxygens (including phenoxy) is 1. The number of amides is 1. The molecule has 1 aliphatic rings. The van der Waals surface area contributed by atoms with Gasteiger partial charge in [0.15, 0.2) is 6.26 Å². The summed E-state index contributed by atoms with van der Waals surface area (Å²) < 4.78 is 28.7. The van der Waals surface area contributed by atoms with Crippen LogP contribution in [0.4, 0.5) is 8.78 Å². The van der Waals surface area contributed by atoms with Crippen LogP contribution in [0.15, 0.2) is 61.4 Å². The molecule has 3 nitrogen and oxygen atoms in total. The molecule has 5 heteroatoms. The summed E-state index contributed by atoms with van der Waals surface area (Å²) in [5.74, 6) is 0.134. The lowest BCUT2D eigenvalue weighted by atomic mass is 9.99. The molecule has 0 saturated carbocycles. The first-order valence-electron chi connectivity index (χ1n) is 6.47. The van der Waals surface area contributed by atoms with Crippen molar-refractivity contribution in [2.75, 3.05) is 0 Å². The fourth-order valence-electron chi connectivity index (χ4n) is 2.29. The molecular weight excluding hydrogens is 288 g/mol. The standard InChI is InChI=1S/C17H11F2NO2/c1-10-14-7-4-12(8-15(14)17(21)20-10)11-2-5-13(6-3-11)22-9-16(18)19/h2-9H,1H2,(H,20,21). The van der Waals surface area contributed by atoms with E-state index in [1.54, 1.807) is 30.3 Å². The second kappa shape index (κ2) is 5.44. The third-order valence-corrected chi connectivity index (χ3v) is 3.33. The summed E-state index contributed by atoms with van der Waals surface area (Å²) in [7, 11) is 0. The molecule has 0 spiro atoms. The molecule has 22 heavy (non-hydrogen) atoms. The molecule has 3 rings (SSSR count). The van der Waals surface area contributed by atoms with E-state index in [1.165, 1.54) is 0 Å². The highest BCUT2D eigenvalue weighted by molar-refractivity contribution is 6.09. The van der Waals surface area contributed by atoms with Gasteiger partial charge in [-0.05, 0) is 29.3 Å². The van der Waals surface area contributed by atoms with Crippen molar-refractivity contribution in [3.63, 3.8) is 0 Å². The van der Waals surface area contributed by atoms with Crippen molar-refractivity contribution in [2.24, 2.45) is 0 Å². The number of halogens is 2. The van der Waals surface area contributed by atoms with E-state index in [1.807, 2.05) is 12.1 Å². The fourth-order valence-corrected chi connectivity index (χ4v) is 2.29. The van der Waals surface area contributed by atoms with Gasteiger partial charge in [-0.15, -0.1) is 0 Å². The van der Waals surface area contributed by atoms with Gasteiger partial charge in [-0.25, -0.2) is 0 Å². The van der Waals surface area contributed by atoms with Crippen LogP contribution in [0.5, 0.6) is 5.75 Å². The van der Waals surface area contributed by atoms with Gasteiger partial charge < -0.3 is 10.1 Å². The third-order valence-electron chi connectivity index (χ3n) is 3.33. The Kier molecular flexibility index (Phi) is 3.47. The van der Waals surface area contributed by atoms with Crippen molar-refractivity contribution >= 4 is 11.6 Å². The Bertz CT molecular complexity index is 791. The van der Waals surface area contributed by atoms with Crippen LogP contribution in [-0.4, -0.2) is 5.91 Å². The van der Waals surface area contributed by atoms with Crippen molar-refractivity contribution in [3.8, 4) is 16.9 Å². The van der Waals surface area contributed by atoms with Crippen LogP contribution in [0.25, 0.3) is 16.8 Å². The third kappa shape index (κ3) is 2.61. The minimum Gasteiger partial charge on any atom is -0.459 e. The minimum atomic E-state index is -1.89. The zero-order valence-electron chi connectivity index (χ0n) is 11.4. The van der Waals surface area contributed by atoms with E-state index >= 15 is 0 Å². The lowest BCUT2D eigenvalue weighted by Gasteiger charge is -2.05. The molecule has 1 heterocycles. The summed E-state index contributed by atoms with van der Waals surface area (Å²) in [6.07, 6.45) is -1.51. The van der Waals surface area contributed by atoms with Crippen LogP contribution >= 0.6 is 0 Å². The number of nitrogens with one attached hydrogen (secondary N) is 1. The molecule has 1 aliphatic heterocycles. The number of hydrogen-bond donors (Lipinski definition) is 1. The van der Waals surface area contributed by atoms with Gasteiger partial charge in [0.1, 0.15) is 5.75 Å². The predicted molar refractivity (Wildman–Crippen MR) is 79.3 cm³/mol. The summed E-state index contributed by atoms with van der Waals surface area (Å²) in [4.78, 5) is 11.8. The number of fused-ring (bicyclic) bond motifs is 1.